The predicted octanol–water partition coefficient (Wildman–Crippen LogP) is 4.71. The molecular weight excluding hydrogens is 485 g/mol. The molecule has 0 saturated heterocycles. The zero-order chi connectivity index (χ0) is 27.3. The molecule has 0 saturated carbocycles. The van der Waals surface area contributed by atoms with E-state index in [1.165, 1.54) is 24.0 Å². The van der Waals surface area contributed by atoms with Gasteiger partial charge in [0.05, 0.1) is 40.9 Å². The Balaban J connectivity index is 2.33. The summed E-state index contributed by atoms with van der Waals surface area (Å²) in [4.78, 5) is 28.0. The number of esters is 1. The second-order valence-electron chi connectivity index (χ2n) is 8.32. The van der Waals surface area contributed by atoms with Gasteiger partial charge in [0.1, 0.15) is 5.82 Å². The number of nitrogens with two attached hydrogens (primary N) is 1. The van der Waals surface area contributed by atoms with Gasteiger partial charge >= 0.3 is 12.1 Å². The van der Waals surface area contributed by atoms with Gasteiger partial charge in [0.15, 0.2) is 0 Å². The van der Waals surface area contributed by atoms with Gasteiger partial charge in [-0.25, -0.2) is 4.79 Å². The zero-order valence-electron chi connectivity index (χ0n) is 20.6. The second-order valence-corrected chi connectivity index (χ2v) is 8.32. The lowest BCUT2D eigenvalue weighted by Gasteiger charge is -2.37. The largest absolute Gasteiger partial charge is 0.463 e. The van der Waals surface area contributed by atoms with Crippen LogP contribution in [0.5, 0.6) is 0 Å². The second kappa shape index (κ2) is 11.2. The van der Waals surface area contributed by atoms with Crippen LogP contribution in [0.3, 0.4) is 0 Å². The first-order valence-corrected chi connectivity index (χ1v) is 11.7. The lowest BCUT2D eigenvalue weighted by atomic mass is 9.80. The van der Waals surface area contributed by atoms with Crippen LogP contribution in [0.25, 0.3) is 0 Å². The van der Waals surface area contributed by atoms with E-state index in [1.807, 2.05) is 13.0 Å². The third kappa shape index (κ3) is 5.61. The first kappa shape index (κ1) is 27.3. The van der Waals surface area contributed by atoms with Crippen molar-refractivity contribution in [2.75, 3.05) is 18.1 Å². The van der Waals surface area contributed by atoms with Crippen molar-refractivity contribution >= 4 is 17.6 Å². The smallest absolute Gasteiger partial charge is 0.416 e. The summed E-state index contributed by atoms with van der Waals surface area (Å²) in [5, 5.41) is 12.0. The molecule has 194 valence electrons. The number of carbonyl (C=O) groups excluding carboxylic acids is 2. The van der Waals surface area contributed by atoms with Crippen LogP contribution in [0.1, 0.15) is 49.8 Å². The lowest BCUT2D eigenvalue weighted by molar-refractivity contribution is -0.139. The van der Waals surface area contributed by atoms with Crippen LogP contribution in [0.15, 0.2) is 71.2 Å². The van der Waals surface area contributed by atoms with Gasteiger partial charge in [0, 0.05) is 17.9 Å². The number of carbonyl (C=O) groups is 2. The number of anilines is 1. The summed E-state index contributed by atoms with van der Waals surface area (Å²) >= 11 is 0. The van der Waals surface area contributed by atoms with Crippen molar-refractivity contribution in [1.29, 1.82) is 5.26 Å². The van der Waals surface area contributed by atoms with Crippen molar-refractivity contribution < 1.29 is 27.5 Å². The van der Waals surface area contributed by atoms with Crippen molar-refractivity contribution in [3.8, 4) is 6.07 Å². The molecule has 0 bridgehead atoms. The quantitative estimate of drug-likeness (QED) is 0.520. The van der Waals surface area contributed by atoms with E-state index in [0.717, 1.165) is 12.1 Å². The molecule has 3 rings (SSSR count). The first-order chi connectivity index (χ1) is 17.5. The number of benzene rings is 2. The molecule has 1 atom stereocenters. The highest BCUT2D eigenvalue weighted by molar-refractivity contribution is 6.03. The van der Waals surface area contributed by atoms with E-state index < -0.39 is 29.5 Å². The molecule has 0 radical (unpaired) electrons. The fraction of sp³-hybridized carbons (Fsp3) is 0.296. The molecule has 10 heteroatoms. The summed E-state index contributed by atoms with van der Waals surface area (Å²) in [5.74, 6) is -2.40. The van der Waals surface area contributed by atoms with Crippen LogP contribution in [0, 0.1) is 11.3 Å². The van der Waals surface area contributed by atoms with Gasteiger partial charge in [-0.1, -0.05) is 25.1 Å². The summed E-state index contributed by atoms with van der Waals surface area (Å²) in [5.41, 5.74) is 6.78. The van der Waals surface area contributed by atoms with Crippen LogP contribution < -0.4 is 16.0 Å². The number of halogens is 3. The minimum absolute atomic E-state index is 0.00998. The highest BCUT2D eigenvalue weighted by atomic mass is 19.4. The number of nitriles is 1. The van der Waals surface area contributed by atoms with E-state index >= 15 is 0 Å². The molecule has 1 aliphatic rings. The number of allylic oxidation sites excluding steroid dienone is 1. The molecule has 7 nitrogen and oxygen atoms in total. The summed E-state index contributed by atoms with van der Waals surface area (Å²) in [6, 6.07) is 12.8. The Morgan fingerprint density at radius 3 is 2.38 bits per heavy atom. The van der Waals surface area contributed by atoms with Crippen LogP contribution in [0.4, 0.5) is 18.9 Å². The topological polar surface area (TPSA) is 108 Å². The Labute approximate surface area is 213 Å². The first-order valence-electron chi connectivity index (χ1n) is 11.7. The molecular formula is C27H27F3N4O3. The predicted molar refractivity (Wildman–Crippen MR) is 132 cm³/mol. The number of hydrogen-bond donors (Lipinski definition) is 2. The van der Waals surface area contributed by atoms with Crippen molar-refractivity contribution in [2.24, 2.45) is 5.73 Å². The number of hydrogen-bond acceptors (Lipinski definition) is 6. The summed E-state index contributed by atoms with van der Waals surface area (Å²) in [6.45, 7) is 5.38. The maximum absolute atomic E-state index is 13.5. The standard InChI is InChI=1S/C27H27F3N4O3/c1-4-13-33-25(35)23-22(18-11-9-17(15-31)10-12-18)21(26(36)37-5-2)16(3)34(24(23)32)20-8-6-7-19(14-20)27(28,29)30/h6-12,14,22H,4-5,13,32H2,1-3H3,(H,33,35). The zero-order valence-corrected chi connectivity index (χ0v) is 20.6. The summed E-state index contributed by atoms with van der Waals surface area (Å²) < 4.78 is 45.8. The molecule has 1 heterocycles. The van der Waals surface area contributed by atoms with Gasteiger partial charge in [-0.2, -0.15) is 18.4 Å². The molecule has 2 aromatic rings. The lowest BCUT2D eigenvalue weighted by Crippen LogP contribution is -2.42. The minimum atomic E-state index is -4.61. The van der Waals surface area contributed by atoms with E-state index in [4.69, 9.17) is 10.5 Å². The average molecular weight is 513 g/mol. The van der Waals surface area contributed by atoms with E-state index in [0.29, 0.717) is 24.1 Å². The number of nitrogens with one attached hydrogen (secondary N) is 1. The Kier molecular flexibility index (Phi) is 8.28. The molecule has 3 N–H and O–H groups in total. The van der Waals surface area contributed by atoms with E-state index in [1.54, 1.807) is 31.2 Å². The van der Waals surface area contributed by atoms with Gasteiger partial charge in [0.25, 0.3) is 5.91 Å². The molecule has 0 aromatic heterocycles. The molecule has 0 spiro atoms. The Morgan fingerprint density at radius 1 is 1.14 bits per heavy atom. The van der Waals surface area contributed by atoms with Crippen molar-refractivity contribution in [1.82, 2.24) is 5.32 Å². The molecule has 1 aliphatic heterocycles. The van der Waals surface area contributed by atoms with Gasteiger partial charge in [-0.05, 0) is 56.2 Å². The fourth-order valence-electron chi connectivity index (χ4n) is 4.22. The third-order valence-electron chi connectivity index (χ3n) is 5.90. The molecule has 37 heavy (non-hydrogen) atoms. The number of amides is 1. The van der Waals surface area contributed by atoms with Crippen LogP contribution >= 0.6 is 0 Å². The third-order valence-corrected chi connectivity index (χ3v) is 5.90. The number of alkyl halides is 3. The monoisotopic (exact) mass is 512 g/mol. The number of rotatable bonds is 7. The van der Waals surface area contributed by atoms with Crippen LogP contribution in [0.2, 0.25) is 0 Å². The molecule has 1 unspecified atom stereocenters. The van der Waals surface area contributed by atoms with Crippen molar-refractivity contribution in [2.45, 2.75) is 39.3 Å². The normalized spacial score (nSPS) is 15.9. The van der Waals surface area contributed by atoms with Crippen molar-refractivity contribution in [3.63, 3.8) is 0 Å². The molecule has 0 fully saturated rings. The number of ether oxygens (including phenoxy) is 1. The van der Waals surface area contributed by atoms with E-state index in [9.17, 15) is 28.0 Å². The SMILES string of the molecule is CCCNC(=O)C1=C(N)N(c2cccc(C(F)(F)F)c2)C(C)=C(C(=O)OCC)C1c1ccc(C#N)cc1. The van der Waals surface area contributed by atoms with Gasteiger partial charge in [-0.3, -0.25) is 4.79 Å². The van der Waals surface area contributed by atoms with Crippen LogP contribution in [-0.4, -0.2) is 25.0 Å². The fourth-order valence-corrected chi connectivity index (χ4v) is 4.22. The van der Waals surface area contributed by atoms with Gasteiger partial charge in [-0.15, -0.1) is 0 Å². The maximum Gasteiger partial charge on any atom is 0.416 e. The summed E-state index contributed by atoms with van der Waals surface area (Å²) in [6.07, 6.45) is -3.99. The maximum atomic E-state index is 13.5. The Bertz CT molecular complexity index is 1290. The molecule has 0 aliphatic carbocycles. The Morgan fingerprint density at radius 2 is 1.81 bits per heavy atom. The summed E-state index contributed by atoms with van der Waals surface area (Å²) in [7, 11) is 0. The molecule has 1 amide bonds. The Hall–Kier alpha value is -4.26. The minimum Gasteiger partial charge on any atom is -0.463 e. The van der Waals surface area contributed by atoms with Gasteiger partial charge in [0.2, 0.25) is 0 Å². The van der Waals surface area contributed by atoms with Crippen molar-refractivity contribution in [3.05, 3.63) is 87.9 Å². The van der Waals surface area contributed by atoms with E-state index in [-0.39, 0.29) is 35.0 Å². The highest BCUT2D eigenvalue weighted by Gasteiger charge is 2.41. The van der Waals surface area contributed by atoms with E-state index in [2.05, 4.69) is 5.32 Å². The average Bonchev–Trinajstić information content (AvgIpc) is 2.86. The van der Waals surface area contributed by atoms with Crippen LogP contribution in [-0.2, 0) is 20.5 Å². The highest BCUT2D eigenvalue weighted by Crippen LogP contribution is 2.44. The van der Waals surface area contributed by atoms with Gasteiger partial charge < -0.3 is 20.7 Å². The number of nitrogens with zero attached hydrogens (tertiary/aromatic N) is 2. The molecule has 2 aromatic carbocycles.